The first-order chi connectivity index (χ1) is 19.3. The van der Waals surface area contributed by atoms with Crippen LogP contribution < -0.4 is 10.1 Å². The van der Waals surface area contributed by atoms with Gasteiger partial charge in [-0.2, -0.15) is 0 Å². The van der Waals surface area contributed by atoms with Crippen LogP contribution in [0.2, 0.25) is 0 Å². The minimum atomic E-state index is -4.24. The van der Waals surface area contributed by atoms with E-state index in [0.29, 0.717) is 18.6 Å². The number of sulfonamides is 1. The Balaban J connectivity index is 1.56. The monoisotopic (exact) mass is 568 g/mol. The van der Waals surface area contributed by atoms with Gasteiger partial charge in [0.1, 0.15) is 12.4 Å². The van der Waals surface area contributed by atoms with E-state index in [-0.39, 0.29) is 24.0 Å². The third kappa shape index (κ3) is 8.53. The molecule has 10 heteroatoms. The highest BCUT2D eigenvalue weighted by Gasteiger charge is 2.34. The van der Waals surface area contributed by atoms with Crippen molar-refractivity contribution in [1.29, 1.82) is 0 Å². The average molecular weight is 569 g/mol. The second-order valence-corrected chi connectivity index (χ2v) is 11.7. The van der Waals surface area contributed by atoms with Crippen LogP contribution in [0, 0.1) is 0 Å². The van der Waals surface area contributed by atoms with Crippen molar-refractivity contribution in [3.63, 3.8) is 0 Å². The molecule has 0 heterocycles. The molecular formula is C30H36N2O7S. The fourth-order valence-electron chi connectivity index (χ4n) is 4.71. The number of hydrogen-bond donors (Lipinski definition) is 3. The van der Waals surface area contributed by atoms with E-state index in [1.54, 1.807) is 12.1 Å². The van der Waals surface area contributed by atoms with Crippen LogP contribution in [-0.4, -0.2) is 54.0 Å². The fraction of sp³-hybridized carbons (Fsp3) is 0.367. The van der Waals surface area contributed by atoms with Gasteiger partial charge in [0.05, 0.1) is 29.7 Å². The molecule has 0 aliphatic heterocycles. The van der Waals surface area contributed by atoms with Crippen LogP contribution in [0.25, 0.3) is 0 Å². The molecule has 1 amide bonds. The van der Waals surface area contributed by atoms with Gasteiger partial charge in [0.2, 0.25) is 0 Å². The molecule has 9 nitrogen and oxygen atoms in total. The Morgan fingerprint density at radius 3 is 2.23 bits per heavy atom. The lowest BCUT2D eigenvalue weighted by Crippen LogP contribution is -2.50. The molecule has 0 radical (unpaired) electrons. The molecule has 4 rings (SSSR count). The quantitative estimate of drug-likeness (QED) is 0.254. The molecule has 0 aromatic heterocycles. The van der Waals surface area contributed by atoms with Crippen molar-refractivity contribution < 1.29 is 33.0 Å². The molecule has 0 bridgehead atoms. The van der Waals surface area contributed by atoms with E-state index >= 15 is 0 Å². The normalized spacial score (nSPS) is 15.8. The number of amides is 1. The van der Waals surface area contributed by atoms with Gasteiger partial charge in [0, 0.05) is 6.07 Å². The molecule has 1 fully saturated rings. The predicted molar refractivity (Wildman–Crippen MR) is 150 cm³/mol. The zero-order valence-corrected chi connectivity index (χ0v) is 23.1. The van der Waals surface area contributed by atoms with Crippen LogP contribution in [-0.2, 0) is 27.9 Å². The molecule has 0 spiro atoms. The summed E-state index contributed by atoms with van der Waals surface area (Å²) in [5, 5.41) is 22.9. The number of rotatable bonds is 13. The molecule has 2 atom stereocenters. The number of benzene rings is 3. The van der Waals surface area contributed by atoms with Gasteiger partial charge in [0.15, 0.2) is 0 Å². The number of carboxylic acid groups (broad SMARTS) is 1. The number of hydroxylamine groups is 1. The predicted octanol–water partition coefficient (Wildman–Crippen LogP) is 4.76. The molecule has 0 saturated heterocycles. The summed E-state index contributed by atoms with van der Waals surface area (Å²) >= 11 is 0. The second-order valence-electron chi connectivity index (χ2n) is 9.92. The molecular weight excluding hydrogens is 532 g/mol. The Labute approximate surface area is 235 Å². The molecule has 0 unspecified atom stereocenters. The maximum atomic E-state index is 13.9. The van der Waals surface area contributed by atoms with Gasteiger partial charge in [-0.05, 0) is 42.5 Å². The summed E-state index contributed by atoms with van der Waals surface area (Å²) in [5.41, 5.74) is 1.74. The number of hydrogen-bond acceptors (Lipinski definition) is 6. The lowest BCUT2D eigenvalue weighted by atomic mass is 9.98. The van der Waals surface area contributed by atoms with Crippen LogP contribution in [0.1, 0.15) is 43.2 Å². The van der Waals surface area contributed by atoms with Crippen molar-refractivity contribution in [2.75, 3.05) is 6.54 Å². The lowest BCUT2D eigenvalue weighted by molar-refractivity contribution is -0.156. The summed E-state index contributed by atoms with van der Waals surface area (Å²) in [4.78, 5) is 17.5. The zero-order chi connectivity index (χ0) is 28.4. The maximum absolute atomic E-state index is 13.9. The first-order valence-electron chi connectivity index (χ1n) is 13.5. The zero-order valence-electron chi connectivity index (χ0n) is 22.3. The number of aliphatic hydroxyl groups is 1. The van der Waals surface area contributed by atoms with Gasteiger partial charge in [0.25, 0.3) is 10.0 Å². The maximum Gasteiger partial charge on any atom is 0.404 e. The van der Waals surface area contributed by atoms with Crippen molar-refractivity contribution in [3.05, 3.63) is 96.1 Å². The summed E-state index contributed by atoms with van der Waals surface area (Å²) in [6.45, 7) is -0.181. The molecule has 214 valence electrons. The Kier molecular flexibility index (Phi) is 10.5. The molecule has 1 aliphatic rings. The molecule has 40 heavy (non-hydrogen) atoms. The Morgan fingerprint density at radius 1 is 0.925 bits per heavy atom. The summed E-state index contributed by atoms with van der Waals surface area (Å²) < 4.78 is 34.4. The second kappa shape index (κ2) is 14.3. The van der Waals surface area contributed by atoms with Crippen molar-refractivity contribution in [2.24, 2.45) is 0 Å². The smallest absolute Gasteiger partial charge is 0.404 e. The Bertz CT molecular complexity index is 1320. The Hall–Kier alpha value is -3.44. The minimum Gasteiger partial charge on any atom is -0.489 e. The highest BCUT2D eigenvalue weighted by Crippen LogP contribution is 2.27. The SMILES string of the molecule is O=C(O)N[C@@H](Cc1ccccc1)[C@H](O)CN(OC1CCCCC1)S(=O)(=O)c1cccc(OCc2ccccc2)c1. The van der Waals surface area contributed by atoms with E-state index < -0.39 is 34.8 Å². The summed E-state index contributed by atoms with van der Waals surface area (Å²) in [6.07, 6.45) is 1.44. The average Bonchev–Trinajstić information content (AvgIpc) is 2.97. The number of nitrogens with one attached hydrogen (secondary N) is 1. The standard InChI is InChI=1S/C30H36N2O7S/c33-29(28(31-30(34)35)19-23-11-4-1-5-12-23)21-32(39-25-15-8-3-9-16-25)40(36,37)27-18-10-17-26(20-27)38-22-24-13-6-2-7-14-24/h1-2,4-7,10-14,17-18,20,25,28-29,31,33H,3,8-9,15-16,19,21-22H2,(H,34,35)/t28-,29+/m0/s1. The topological polar surface area (TPSA) is 125 Å². The summed E-state index contributed by atoms with van der Waals surface area (Å²) in [7, 11) is -4.24. The van der Waals surface area contributed by atoms with E-state index in [0.717, 1.165) is 34.9 Å². The minimum absolute atomic E-state index is 0.0492. The van der Waals surface area contributed by atoms with Gasteiger partial charge in [-0.25, -0.2) is 13.2 Å². The summed E-state index contributed by atoms with van der Waals surface area (Å²) in [5.74, 6) is 0.373. The number of carbonyl (C=O) groups is 1. The molecule has 3 aromatic carbocycles. The van der Waals surface area contributed by atoms with Crippen LogP contribution in [0.3, 0.4) is 0 Å². The first kappa shape index (κ1) is 29.5. The highest BCUT2D eigenvalue weighted by atomic mass is 32.2. The number of aliphatic hydroxyl groups excluding tert-OH is 1. The van der Waals surface area contributed by atoms with Gasteiger partial charge in [-0.3, -0.25) is 4.84 Å². The van der Waals surface area contributed by atoms with Crippen molar-refractivity contribution in [1.82, 2.24) is 9.79 Å². The van der Waals surface area contributed by atoms with Gasteiger partial charge in [-0.15, -0.1) is 0 Å². The van der Waals surface area contributed by atoms with Crippen LogP contribution in [0.15, 0.2) is 89.8 Å². The van der Waals surface area contributed by atoms with E-state index in [1.165, 1.54) is 12.1 Å². The fourth-order valence-corrected chi connectivity index (χ4v) is 6.04. The van der Waals surface area contributed by atoms with E-state index in [2.05, 4.69) is 5.32 Å². The number of ether oxygens (including phenoxy) is 1. The lowest BCUT2D eigenvalue weighted by Gasteiger charge is -2.32. The molecule has 1 saturated carbocycles. The van der Waals surface area contributed by atoms with Gasteiger partial charge in [-0.1, -0.05) is 90.5 Å². The Morgan fingerprint density at radius 2 is 1.57 bits per heavy atom. The molecule has 3 N–H and O–H groups in total. The van der Waals surface area contributed by atoms with E-state index in [9.17, 15) is 23.4 Å². The van der Waals surface area contributed by atoms with Gasteiger partial charge < -0.3 is 20.3 Å². The molecule has 1 aliphatic carbocycles. The number of nitrogens with zero attached hydrogens (tertiary/aromatic N) is 1. The van der Waals surface area contributed by atoms with Crippen molar-refractivity contribution in [2.45, 2.75) is 68.3 Å². The third-order valence-corrected chi connectivity index (χ3v) is 8.47. The first-order valence-corrected chi connectivity index (χ1v) is 14.9. The van der Waals surface area contributed by atoms with Gasteiger partial charge >= 0.3 is 6.09 Å². The van der Waals surface area contributed by atoms with Crippen LogP contribution in [0.4, 0.5) is 4.79 Å². The van der Waals surface area contributed by atoms with E-state index in [4.69, 9.17) is 9.57 Å². The highest BCUT2D eigenvalue weighted by molar-refractivity contribution is 7.89. The van der Waals surface area contributed by atoms with Crippen LogP contribution >= 0.6 is 0 Å². The van der Waals surface area contributed by atoms with Crippen molar-refractivity contribution in [3.8, 4) is 5.75 Å². The van der Waals surface area contributed by atoms with Crippen LogP contribution in [0.5, 0.6) is 5.75 Å². The summed E-state index contributed by atoms with van der Waals surface area (Å²) in [6, 6.07) is 23.8. The third-order valence-electron chi connectivity index (χ3n) is 6.85. The molecule has 3 aromatic rings. The van der Waals surface area contributed by atoms with Crippen molar-refractivity contribution >= 4 is 16.1 Å². The van der Waals surface area contributed by atoms with E-state index in [1.807, 2.05) is 60.7 Å². The largest absolute Gasteiger partial charge is 0.489 e.